The number of aliphatic hydroxyl groups excluding tert-OH is 1. The quantitative estimate of drug-likeness (QED) is 0.778. The number of nitrogens with zero attached hydrogens (tertiary/aromatic N) is 1. The minimum absolute atomic E-state index is 0.394. The van der Waals surface area contributed by atoms with Crippen molar-refractivity contribution in [3.8, 4) is 0 Å². The van der Waals surface area contributed by atoms with E-state index in [-0.39, 0.29) is 0 Å². The maximum Gasteiger partial charge on any atom is 0.0802 e. The Balaban J connectivity index is 1.79. The van der Waals surface area contributed by atoms with E-state index < -0.39 is 6.10 Å². The molecule has 0 aliphatic heterocycles. The van der Waals surface area contributed by atoms with Gasteiger partial charge in [0, 0.05) is 21.9 Å². The molecule has 21 heavy (non-hydrogen) atoms. The second-order valence-corrected chi connectivity index (χ2v) is 7.42. The minimum Gasteiger partial charge on any atom is -0.388 e. The molecule has 0 saturated carbocycles. The molecule has 4 heteroatoms. The summed E-state index contributed by atoms with van der Waals surface area (Å²) in [5.41, 5.74) is 0.984. The van der Waals surface area contributed by atoms with Crippen molar-refractivity contribution < 1.29 is 5.11 Å². The molecule has 0 saturated heterocycles. The van der Waals surface area contributed by atoms with Gasteiger partial charge in [-0.25, -0.2) is 0 Å². The van der Waals surface area contributed by atoms with Crippen molar-refractivity contribution in [2.24, 2.45) is 0 Å². The van der Waals surface area contributed by atoms with Gasteiger partial charge in [-0.1, -0.05) is 34.1 Å². The molecule has 0 aliphatic carbocycles. The average molecular weight is 368 g/mol. The van der Waals surface area contributed by atoms with Crippen molar-refractivity contribution in [3.63, 3.8) is 0 Å². The Bertz CT molecular complexity index is 526. The van der Waals surface area contributed by atoms with Crippen molar-refractivity contribution in [3.05, 3.63) is 56.7 Å². The minimum atomic E-state index is -0.394. The van der Waals surface area contributed by atoms with Gasteiger partial charge < -0.3 is 10.0 Å². The summed E-state index contributed by atoms with van der Waals surface area (Å²) in [6.45, 7) is 3.13. The molecule has 1 heterocycles. The molecule has 1 aromatic heterocycles. The van der Waals surface area contributed by atoms with Crippen LogP contribution in [0.25, 0.3) is 0 Å². The molecule has 2 unspecified atom stereocenters. The van der Waals surface area contributed by atoms with Crippen molar-refractivity contribution in [1.82, 2.24) is 4.90 Å². The van der Waals surface area contributed by atoms with Gasteiger partial charge in [-0.2, -0.15) is 0 Å². The lowest BCUT2D eigenvalue weighted by Gasteiger charge is -2.25. The van der Waals surface area contributed by atoms with Crippen molar-refractivity contribution >= 4 is 27.3 Å². The first-order valence-corrected chi connectivity index (χ1v) is 8.89. The second kappa shape index (κ2) is 8.08. The highest BCUT2D eigenvalue weighted by molar-refractivity contribution is 9.10. The third kappa shape index (κ3) is 5.22. The first kappa shape index (κ1) is 16.7. The zero-order chi connectivity index (χ0) is 15.2. The van der Waals surface area contributed by atoms with Gasteiger partial charge >= 0.3 is 0 Å². The molecule has 1 aromatic carbocycles. The Morgan fingerprint density at radius 1 is 1.24 bits per heavy atom. The first-order chi connectivity index (χ1) is 10.1. The zero-order valence-electron chi connectivity index (χ0n) is 12.5. The van der Waals surface area contributed by atoms with E-state index in [9.17, 15) is 5.11 Å². The SMILES string of the molecule is CC(Cc1cccs1)N(C)CCC(O)c1ccc(Br)cc1. The second-order valence-electron chi connectivity index (χ2n) is 5.47. The van der Waals surface area contributed by atoms with Crippen LogP contribution in [-0.4, -0.2) is 29.6 Å². The Morgan fingerprint density at radius 3 is 2.57 bits per heavy atom. The van der Waals surface area contributed by atoms with E-state index in [0.29, 0.717) is 6.04 Å². The number of hydrogen-bond donors (Lipinski definition) is 1. The van der Waals surface area contributed by atoms with Gasteiger partial charge in [-0.15, -0.1) is 11.3 Å². The van der Waals surface area contributed by atoms with Crippen LogP contribution >= 0.6 is 27.3 Å². The summed E-state index contributed by atoms with van der Waals surface area (Å²) in [6, 6.07) is 12.7. The van der Waals surface area contributed by atoms with Gasteiger partial charge in [0.15, 0.2) is 0 Å². The number of rotatable bonds is 7. The fraction of sp³-hybridized carbons (Fsp3) is 0.412. The van der Waals surface area contributed by atoms with Gasteiger partial charge in [0.1, 0.15) is 0 Å². The fourth-order valence-corrected chi connectivity index (χ4v) is 3.36. The Morgan fingerprint density at radius 2 is 1.95 bits per heavy atom. The predicted molar refractivity (Wildman–Crippen MR) is 93.8 cm³/mol. The van der Waals surface area contributed by atoms with Crippen molar-refractivity contribution in [1.29, 1.82) is 0 Å². The highest BCUT2D eigenvalue weighted by atomic mass is 79.9. The van der Waals surface area contributed by atoms with Gasteiger partial charge in [0.2, 0.25) is 0 Å². The van der Waals surface area contributed by atoms with Crippen LogP contribution in [-0.2, 0) is 6.42 Å². The smallest absolute Gasteiger partial charge is 0.0802 e. The maximum atomic E-state index is 10.3. The lowest BCUT2D eigenvalue weighted by Crippen LogP contribution is -2.32. The molecule has 2 aromatic rings. The zero-order valence-corrected chi connectivity index (χ0v) is 14.9. The maximum absolute atomic E-state index is 10.3. The summed E-state index contributed by atoms with van der Waals surface area (Å²) in [5.74, 6) is 0. The summed E-state index contributed by atoms with van der Waals surface area (Å²) >= 11 is 5.23. The molecule has 0 radical (unpaired) electrons. The lowest BCUT2D eigenvalue weighted by atomic mass is 10.1. The molecule has 2 nitrogen and oxygen atoms in total. The van der Waals surface area contributed by atoms with Crippen LogP contribution in [0, 0.1) is 0 Å². The molecule has 1 N–H and O–H groups in total. The topological polar surface area (TPSA) is 23.5 Å². The lowest BCUT2D eigenvalue weighted by molar-refractivity contribution is 0.139. The molecular weight excluding hydrogens is 346 g/mol. The predicted octanol–water partition coefficient (Wildman–Crippen LogP) is 4.50. The largest absolute Gasteiger partial charge is 0.388 e. The molecule has 0 spiro atoms. The summed E-state index contributed by atoms with van der Waals surface area (Å²) in [7, 11) is 2.13. The monoisotopic (exact) mass is 367 g/mol. The van der Waals surface area contributed by atoms with Crippen LogP contribution in [0.5, 0.6) is 0 Å². The summed E-state index contributed by atoms with van der Waals surface area (Å²) in [4.78, 5) is 3.74. The van der Waals surface area contributed by atoms with Crippen molar-refractivity contribution in [2.75, 3.05) is 13.6 Å². The summed E-state index contributed by atoms with van der Waals surface area (Å²) in [5, 5.41) is 12.4. The standard InChI is InChI=1S/C17H22BrNOS/c1-13(12-16-4-3-11-21-16)19(2)10-9-17(20)14-5-7-15(18)8-6-14/h3-8,11,13,17,20H,9-10,12H2,1-2H3. The van der Waals surface area contributed by atoms with E-state index in [1.165, 1.54) is 4.88 Å². The number of likely N-dealkylation sites (N-methyl/N-ethyl adjacent to an activating group) is 1. The number of benzene rings is 1. The summed E-state index contributed by atoms with van der Waals surface area (Å²) < 4.78 is 1.04. The molecular formula is C17H22BrNOS. The van der Waals surface area contributed by atoms with Crippen molar-refractivity contribution in [2.45, 2.75) is 31.9 Å². The number of halogens is 1. The third-order valence-electron chi connectivity index (χ3n) is 3.84. The number of aliphatic hydroxyl groups is 1. The number of hydrogen-bond acceptors (Lipinski definition) is 3. The highest BCUT2D eigenvalue weighted by Gasteiger charge is 2.13. The van der Waals surface area contributed by atoms with Gasteiger partial charge in [-0.05, 0) is 56.0 Å². The molecule has 0 aliphatic rings. The Kier molecular flexibility index (Phi) is 6.42. The van der Waals surface area contributed by atoms with Crippen LogP contribution < -0.4 is 0 Å². The molecule has 2 atom stereocenters. The van der Waals surface area contributed by atoms with Crippen LogP contribution in [0.1, 0.15) is 29.9 Å². The van der Waals surface area contributed by atoms with E-state index in [0.717, 1.165) is 29.4 Å². The Hall–Kier alpha value is -0.680. The summed E-state index contributed by atoms with van der Waals surface area (Å²) in [6.07, 6.45) is 1.43. The van der Waals surface area contributed by atoms with Crippen LogP contribution in [0.2, 0.25) is 0 Å². The molecule has 114 valence electrons. The molecule has 2 rings (SSSR count). The van der Waals surface area contributed by atoms with Gasteiger partial charge in [-0.3, -0.25) is 0 Å². The van der Waals surface area contributed by atoms with E-state index in [4.69, 9.17) is 0 Å². The average Bonchev–Trinajstić information content (AvgIpc) is 2.98. The van der Waals surface area contributed by atoms with E-state index in [1.54, 1.807) is 0 Å². The Labute approximate surface area is 139 Å². The third-order valence-corrected chi connectivity index (χ3v) is 5.27. The van der Waals surface area contributed by atoms with Gasteiger partial charge in [0.05, 0.1) is 6.10 Å². The van der Waals surface area contributed by atoms with E-state index in [2.05, 4.69) is 52.3 Å². The molecule has 0 bridgehead atoms. The van der Waals surface area contributed by atoms with Gasteiger partial charge in [0.25, 0.3) is 0 Å². The normalized spacial score (nSPS) is 14.3. The van der Waals surface area contributed by atoms with Crippen LogP contribution in [0.4, 0.5) is 0 Å². The van der Waals surface area contributed by atoms with Crippen LogP contribution in [0.3, 0.4) is 0 Å². The molecule has 0 amide bonds. The highest BCUT2D eigenvalue weighted by Crippen LogP contribution is 2.20. The van der Waals surface area contributed by atoms with E-state index >= 15 is 0 Å². The molecule has 0 fully saturated rings. The fourth-order valence-electron chi connectivity index (χ4n) is 2.27. The first-order valence-electron chi connectivity index (χ1n) is 7.22. The van der Waals surface area contributed by atoms with Crippen LogP contribution in [0.15, 0.2) is 46.3 Å². The number of thiophene rings is 1. The van der Waals surface area contributed by atoms with E-state index in [1.807, 2.05) is 35.6 Å².